The summed E-state index contributed by atoms with van der Waals surface area (Å²) >= 11 is 4.97. The predicted octanol–water partition coefficient (Wildman–Crippen LogP) is 4.40. The molecule has 0 unspecified atom stereocenters. The molecule has 0 saturated heterocycles. The summed E-state index contributed by atoms with van der Waals surface area (Å²) in [5.74, 6) is 0.379. The van der Waals surface area contributed by atoms with E-state index in [1.165, 1.54) is 11.8 Å². The number of anilines is 2. The molecule has 1 aliphatic rings. The minimum Gasteiger partial charge on any atom is -0.325 e. The first-order valence-electron chi connectivity index (χ1n) is 8.04. The summed E-state index contributed by atoms with van der Waals surface area (Å²) in [6.45, 7) is 4.32. The van der Waals surface area contributed by atoms with Gasteiger partial charge in [0.2, 0.25) is 11.8 Å². The Morgan fingerprint density at radius 2 is 2.04 bits per heavy atom. The minimum absolute atomic E-state index is 0.0336. The Morgan fingerprint density at radius 3 is 2.76 bits per heavy atom. The second-order valence-electron chi connectivity index (χ2n) is 6.01. The van der Waals surface area contributed by atoms with E-state index in [0.717, 1.165) is 38.3 Å². The van der Waals surface area contributed by atoms with Crippen molar-refractivity contribution in [3.8, 4) is 0 Å². The van der Waals surface area contributed by atoms with Gasteiger partial charge in [-0.3, -0.25) is 9.59 Å². The normalized spacial score (nSPS) is 12.8. The molecule has 6 heteroatoms. The van der Waals surface area contributed by atoms with Gasteiger partial charge in [0.25, 0.3) is 0 Å². The maximum atomic E-state index is 12.2. The fraction of sp³-hybridized carbons (Fsp3) is 0.263. The molecule has 0 atom stereocenters. The number of benzene rings is 2. The van der Waals surface area contributed by atoms with Gasteiger partial charge in [-0.25, -0.2) is 0 Å². The number of rotatable bonds is 4. The number of thioether (sulfide) groups is 1. The van der Waals surface area contributed by atoms with Crippen LogP contribution in [-0.4, -0.2) is 24.1 Å². The van der Waals surface area contributed by atoms with Crippen LogP contribution in [0.3, 0.4) is 0 Å². The summed E-state index contributed by atoms with van der Waals surface area (Å²) < 4.78 is 1.04. The highest BCUT2D eigenvalue weighted by molar-refractivity contribution is 9.10. The number of aryl methyl sites for hydroxylation is 1. The van der Waals surface area contributed by atoms with Crippen LogP contribution in [0.5, 0.6) is 0 Å². The Labute approximate surface area is 160 Å². The molecular weight excluding hydrogens is 400 g/mol. The lowest BCUT2D eigenvalue weighted by Crippen LogP contribution is -2.25. The van der Waals surface area contributed by atoms with Crippen molar-refractivity contribution in [1.29, 1.82) is 0 Å². The van der Waals surface area contributed by atoms with E-state index in [-0.39, 0.29) is 11.8 Å². The van der Waals surface area contributed by atoms with Crippen LogP contribution < -0.4 is 10.2 Å². The van der Waals surface area contributed by atoms with Crippen LogP contribution in [0.2, 0.25) is 0 Å². The van der Waals surface area contributed by atoms with Crippen molar-refractivity contribution in [3.63, 3.8) is 0 Å². The molecule has 1 aliphatic heterocycles. The highest BCUT2D eigenvalue weighted by atomic mass is 79.9. The van der Waals surface area contributed by atoms with Crippen LogP contribution >= 0.6 is 27.7 Å². The zero-order valence-corrected chi connectivity index (χ0v) is 16.5. The van der Waals surface area contributed by atoms with Crippen molar-refractivity contribution < 1.29 is 9.59 Å². The molecule has 1 heterocycles. The Balaban J connectivity index is 1.61. The van der Waals surface area contributed by atoms with Crippen molar-refractivity contribution in [2.45, 2.75) is 25.2 Å². The van der Waals surface area contributed by atoms with Crippen LogP contribution in [0, 0.1) is 6.92 Å². The highest BCUT2D eigenvalue weighted by Gasteiger charge is 2.22. The number of amides is 2. The number of fused-ring (bicyclic) bond motifs is 1. The second kappa shape index (κ2) is 7.62. The molecule has 130 valence electrons. The Bertz CT molecular complexity index is 838. The van der Waals surface area contributed by atoms with Crippen LogP contribution in [0.4, 0.5) is 11.4 Å². The van der Waals surface area contributed by atoms with E-state index in [1.54, 1.807) is 11.8 Å². The third-order valence-electron chi connectivity index (χ3n) is 4.13. The molecule has 0 aromatic heterocycles. The van der Waals surface area contributed by atoms with E-state index in [4.69, 9.17) is 0 Å². The van der Waals surface area contributed by atoms with Crippen LogP contribution in [0.15, 0.2) is 45.8 Å². The molecular formula is C19H19BrN2O2S. The summed E-state index contributed by atoms with van der Waals surface area (Å²) in [6.07, 6.45) is 0.825. The smallest absolute Gasteiger partial charge is 0.234 e. The van der Waals surface area contributed by atoms with Gasteiger partial charge in [0, 0.05) is 34.2 Å². The van der Waals surface area contributed by atoms with Gasteiger partial charge in [0.1, 0.15) is 0 Å². The van der Waals surface area contributed by atoms with E-state index in [9.17, 15) is 9.59 Å². The molecule has 3 rings (SSSR count). The molecule has 1 N–H and O–H groups in total. The molecule has 0 spiro atoms. The van der Waals surface area contributed by atoms with Gasteiger partial charge in [-0.15, -0.1) is 11.8 Å². The monoisotopic (exact) mass is 418 g/mol. The largest absolute Gasteiger partial charge is 0.325 e. The van der Waals surface area contributed by atoms with Crippen LogP contribution in [0.1, 0.15) is 18.1 Å². The molecule has 25 heavy (non-hydrogen) atoms. The molecule has 4 nitrogen and oxygen atoms in total. The SMILES string of the molecule is CC(=O)N1CCc2cc(NC(=O)CSc3ccc(Br)cc3C)ccc21. The maximum absolute atomic E-state index is 12.2. The number of halogens is 1. The number of hydrogen-bond acceptors (Lipinski definition) is 3. The lowest BCUT2D eigenvalue weighted by atomic mass is 10.1. The molecule has 2 aromatic rings. The summed E-state index contributed by atoms with van der Waals surface area (Å²) in [4.78, 5) is 26.7. The maximum Gasteiger partial charge on any atom is 0.234 e. The number of nitrogens with zero attached hydrogens (tertiary/aromatic N) is 1. The summed E-state index contributed by atoms with van der Waals surface area (Å²) in [5, 5.41) is 2.94. The zero-order chi connectivity index (χ0) is 18.0. The first-order valence-corrected chi connectivity index (χ1v) is 9.82. The summed E-state index contributed by atoms with van der Waals surface area (Å²) in [7, 11) is 0. The van der Waals surface area contributed by atoms with Crippen molar-refractivity contribution >= 4 is 50.9 Å². The molecule has 0 fully saturated rings. The standard InChI is InChI=1S/C19H19BrN2O2S/c1-12-9-15(20)3-6-18(12)25-11-19(24)21-16-4-5-17-14(10-16)7-8-22(17)13(2)23/h3-6,9-10H,7-8,11H2,1-2H3,(H,21,24). The third kappa shape index (κ3) is 4.25. The number of hydrogen-bond donors (Lipinski definition) is 1. The fourth-order valence-corrected chi connectivity index (χ4v) is 4.21. The summed E-state index contributed by atoms with van der Waals surface area (Å²) in [6, 6.07) is 11.8. The van der Waals surface area contributed by atoms with Gasteiger partial charge in [-0.2, -0.15) is 0 Å². The predicted molar refractivity (Wildman–Crippen MR) is 106 cm³/mol. The van der Waals surface area contributed by atoms with E-state index < -0.39 is 0 Å². The Hall–Kier alpha value is -1.79. The molecule has 0 radical (unpaired) electrons. The number of nitrogens with one attached hydrogen (secondary N) is 1. The Morgan fingerprint density at radius 1 is 1.24 bits per heavy atom. The van der Waals surface area contributed by atoms with E-state index in [0.29, 0.717) is 12.3 Å². The van der Waals surface area contributed by atoms with Crippen LogP contribution in [-0.2, 0) is 16.0 Å². The first kappa shape index (κ1) is 18.0. The first-order chi connectivity index (χ1) is 11.9. The minimum atomic E-state index is -0.0336. The molecule has 0 aliphatic carbocycles. The number of carbonyl (C=O) groups is 2. The fourth-order valence-electron chi connectivity index (χ4n) is 2.92. The second-order valence-corrected chi connectivity index (χ2v) is 7.94. The van der Waals surface area contributed by atoms with Gasteiger partial charge in [0.05, 0.1) is 5.75 Å². The van der Waals surface area contributed by atoms with Crippen LogP contribution in [0.25, 0.3) is 0 Å². The van der Waals surface area contributed by atoms with Gasteiger partial charge >= 0.3 is 0 Å². The topological polar surface area (TPSA) is 49.4 Å². The lowest BCUT2D eigenvalue weighted by molar-refractivity contribution is -0.116. The molecule has 2 amide bonds. The van der Waals surface area contributed by atoms with E-state index in [2.05, 4.69) is 21.2 Å². The van der Waals surface area contributed by atoms with E-state index >= 15 is 0 Å². The van der Waals surface area contributed by atoms with Gasteiger partial charge in [-0.1, -0.05) is 15.9 Å². The third-order valence-corrected chi connectivity index (χ3v) is 5.80. The van der Waals surface area contributed by atoms with E-state index in [1.807, 2.05) is 43.3 Å². The summed E-state index contributed by atoms with van der Waals surface area (Å²) in [5.41, 5.74) is 3.98. The average molecular weight is 419 g/mol. The average Bonchev–Trinajstić information content (AvgIpc) is 2.97. The van der Waals surface area contributed by atoms with Crippen molar-refractivity contribution in [2.24, 2.45) is 0 Å². The lowest BCUT2D eigenvalue weighted by Gasteiger charge is -2.15. The zero-order valence-electron chi connectivity index (χ0n) is 14.1. The number of carbonyl (C=O) groups excluding carboxylic acids is 2. The Kier molecular flexibility index (Phi) is 5.49. The van der Waals surface area contributed by atoms with Gasteiger partial charge in [0.15, 0.2) is 0 Å². The van der Waals surface area contributed by atoms with Gasteiger partial charge < -0.3 is 10.2 Å². The molecule has 0 bridgehead atoms. The van der Waals surface area contributed by atoms with Crippen molar-refractivity contribution in [3.05, 3.63) is 52.0 Å². The van der Waals surface area contributed by atoms with Crippen molar-refractivity contribution in [1.82, 2.24) is 0 Å². The van der Waals surface area contributed by atoms with Gasteiger partial charge in [-0.05, 0) is 60.9 Å². The molecule has 0 saturated carbocycles. The highest BCUT2D eigenvalue weighted by Crippen LogP contribution is 2.31. The molecule has 2 aromatic carbocycles. The van der Waals surface area contributed by atoms with Crippen molar-refractivity contribution in [2.75, 3.05) is 22.5 Å². The quantitative estimate of drug-likeness (QED) is 0.748.